The average molecular weight is 251 g/mol. The van der Waals surface area contributed by atoms with Crippen molar-refractivity contribution in [3.63, 3.8) is 0 Å². The van der Waals surface area contributed by atoms with E-state index in [9.17, 15) is 0 Å². The predicted molar refractivity (Wildman–Crippen MR) is 72.1 cm³/mol. The highest BCUT2D eigenvalue weighted by molar-refractivity contribution is 5.02. The Labute approximate surface area is 110 Å². The van der Waals surface area contributed by atoms with Crippen LogP contribution in [-0.4, -0.2) is 33.8 Å². The monoisotopic (exact) mass is 251 g/mol. The topological polar surface area (TPSA) is 30.3 Å². The predicted octanol–water partition coefficient (Wildman–Crippen LogP) is 2.43. The summed E-state index contributed by atoms with van der Waals surface area (Å²) < 4.78 is 7.81. The van der Waals surface area contributed by atoms with Crippen LogP contribution in [0.15, 0.2) is 12.4 Å². The molecule has 2 rings (SSSR count). The van der Waals surface area contributed by atoms with E-state index in [1.54, 1.807) is 0 Å². The van der Waals surface area contributed by atoms with Gasteiger partial charge in [0.1, 0.15) is 5.82 Å². The van der Waals surface area contributed by atoms with Gasteiger partial charge >= 0.3 is 0 Å². The molecule has 0 unspecified atom stereocenters. The van der Waals surface area contributed by atoms with Crippen LogP contribution in [0.2, 0.25) is 0 Å². The molecule has 102 valence electrons. The highest BCUT2D eigenvalue weighted by atomic mass is 16.5. The van der Waals surface area contributed by atoms with E-state index in [0.29, 0.717) is 23.9 Å². The summed E-state index contributed by atoms with van der Waals surface area (Å²) in [5.74, 6) is 2.27. The van der Waals surface area contributed by atoms with Gasteiger partial charge < -0.3 is 9.30 Å². The van der Waals surface area contributed by atoms with E-state index in [2.05, 4.69) is 49.2 Å². The summed E-state index contributed by atoms with van der Waals surface area (Å²) in [5, 5.41) is 0. The zero-order chi connectivity index (χ0) is 13.3. The minimum Gasteiger partial charge on any atom is -0.364 e. The molecule has 4 heteroatoms. The molecule has 1 aromatic heterocycles. The lowest BCUT2D eigenvalue weighted by Gasteiger charge is -2.35. The molecule has 0 N–H and O–H groups in total. The molecule has 0 aromatic carbocycles. The second kappa shape index (κ2) is 5.41. The Morgan fingerprint density at radius 3 is 2.56 bits per heavy atom. The van der Waals surface area contributed by atoms with Crippen molar-refractivity contribution in [2.75, 3.05) is 13.3 Å². The van der Waals surface area contributed by atoms with Gasteiger partial charge in [0.2, 0.25) is 0 Å². The zero-order valence-electron chi connectivity index (χ0n) is 12.1. The second-order valence-corrected chi connectivity index (χ2v) is 5.91. The normalized spacial score (nSPS) is 23.2. The number of hydrogen-bond acceptors (Lipinski definition) is 3. The van der Waals surface area contributed by atoms with Crippen LogP contribution in [0.25, 0.3) is 0 Å². The molecule has 1 saturated heterocycles. The first-order valence-electron chi connectivity index (χ1n) is 6.83. The largest absolute Gasteiger partial charge is 0.364 e. The lowest BCUT2D eigenvalue weighted by Crippen LogP contribution is -2.41. The van der Waals surface area contributed by atoms with E-state index in [4.69, 9.17) is 4.74 Å². The Morgan fingerprint density at radius 1 is 1.33 bits per heavy atom. The number of imidazole rings is 1. The van der Waals surface area contributed by atoms with Gasteiger partial charge in [-0.3, -0.25) is 4.90 Å². The minimum atomic E-state index is 0.333. The fourth-order valence-corrected chi connectivity index (χ4v) is 2.82. The highest BCUT2D eigenvalue weighted by Crippen LogP contribution is 2.33. The van der Waals surface area contributed by atoms with Crippen molar-refractivity contribution in [3.05, 3.63) is 18.2 Å². The van der Waals surface area contributed by atoms with Crippen molar-refractivity contribution in [1.29, 1.82) is 0 Å². The van der Waals surface area contributed by atoms with Gasteiger partial charge in [0.25, 0.3) is 0 Å². The van der Waals surface area contributed by atoms with Gasteiger partial charge in [0.15, 0.2) is 0 Å². The summed E-state index contributed by atoms with van der Waals surface area (Å²) in [6.45, 7) is 10.6. The van der Waals surface area contributed by atoms with E-state index in [0.717, 1.165) is 19.2 Å². The number of aromatic nitrogens is 2. The summed E-state index contributed by atoms with van der Waals surface area (Å²) in [6, 6.07) is 0.828. The van der Waals surface area contributed by atoms with Crippen LogP contribution in [-0.2, 0) is 11.8 Å². The highest BCUT2D eigenvalue weighted by Gasteiger charge is 2.37. The Balaban J connectivity index is 2.28. The van der Waals surface area contributed by atoms with Gasteiger partial charge in [0, 0.05) is 25.5 Å². The van der Waals surface area contributed by atoms with Gasteiger partial charge in [-0.15, -0.1) is 0 Å². The van der Waals surface area contributed by atoms with Gasteiger partial charge in [-0.1, -0.05) is 27.7 Å². The van der Waals surface area contributed by atoms with E-state index >= 15 is 0 Å². The van der Waals surface area contributed by atoms with Crippen LogP contribution < -0.4 is 0 Å². The fourth-order valence-electron chi connectivity index (χ4n) is 2.82. The first kappa shape index (κ1) is 13.6. The SMILES string of the molecule is CC(C)[C@@H](c1nccn1C)N1COC[C@H]1C(C)C. The van der Waals surface area contributed by atoms with Crippen LogP contribution in [0, 0.1) is 11.8 Å². The average Bonchev–Trinajstić information content (AvgIpc) is 2.89. The third-order valence-corrected chi connectivity index (χ3v) is 3.84. The van der Waals surface area contributed by atoms with E-state index in [1.165, 1.54) is 0 Å². The quantitative estimate of drug-likeness (QED) is 0.823. The molecule has 0 aliphatic carbocycles. The van der Waals surface area contributed by atoms with Crippen LogP contribution in [0.1, 0.15) is 39.6 Å². The van der Waals surface area contributed by atoms with Crippen molar-refractivity contribution in [2.24, 2.45) is 18.9 Å². The third-order valence-electron chi connectivity index (χ3n) is 3.84. The molecule has 0 amide bonds. The molecule has 1 fully saturated rings. The Morgan fingerprint density at radius 2 is 2.06 bits per heavy atom. The zero-order valence-corrected chi connectivity index (χ0v) is 12.1. The minimum absolute atomic E-state index is 0.333. The maximum absolute atomic E-state index is 5.69. The third kappa shape index (κ3) is 2.45. The molecule has 2 atom stereocenters. The van der Waals surface area contributed by atoms with Crippen LogP contribution in [0.4, 0.5) is 0 Å². The first-order valence-corrected chi connectivity index (χ1v) is 6.83. The number of aryl methyl sites for hydroxylation is 1. The maximum Gasteiger partial charge on any atom is 0.126 e. The Hall–Kier alpha value is -0.870. The van der Waals surface area contributed by atoms with Gasteiger partial charge in [0.05, 0.1) is 19.4 Å². The smallest absolute Gasteiger partial charge is 0.126 e. The number of ether oxygens (including phenoxy) is 1. The van der Waals surface area contributed by atoms with Crippen molar-refractivity contribution >= 4 is 0 Å². The standard InChI is InChI=1S/C14H25N3O/c1-10(2)12-8-18-9-17(12)13(11(3)4)14-15-6-7-16(14)5/h6-7,10-13H,8-9H2,1-5H3/t12-,13-/m0/s1. The molecule has 0 radical (unpaired) electrons. The van der Waals surface area contributed by atoms with E-state index < -0.39 is 0 Å². The van der Waals surface area contributed by atoms with Gasteiger partial charge in [-0.25, -0.2) is 4.98 Å². The molecule has 18 heavy (non-hydrogen) atoms. The Bertz CT molecular complexity index is 386. The van der Waals surface area contributed by atoms with Crippen molar-refractivity contribution < 1.29 is 4.74 Å². The summed E-state index contributed by atoms with van der Waals surface area (Å²) in [4.78, 5) is 7.01. The molecular weight excluding hydrogens is 226 g/mol. The van der Waals surface area contributed by atoms with Crippen molar-refractivity contribution in [2.45, 2.75) is 39.8 Å². The number of hydrogen-bond donors (Lipinski definition) is 0. The molecule has 0 saturated carbocycles. The maximum atomic E-state index is 5.69. The van der Waals surface area contributed by atoms with Crippen LogP contribution in [0.5, 0.6) is 0 Å². The summed E-state index contributed by atoms with van der Waals surface area (Å²) in [5.41, 5.74) is 0. The molecule has 0 spiro atoms. The summed E-state index contributed by atoms with van der Waals surface area (Å²) in [7, 11) is 2.07. The molecule has 0 bridgehead atoms. The van der Waals surface area contributed by atoms with Gasteiger partial charge in [-0.05, 0) is 11.8 Å². The first-order chi connectivity index (χ1) is 8.52. The Kier molecular flexibility index (Phi) is 4.07. The van der Waals surface area contributed by atoms with E-state index in [1.807, 2.05) is 12.4 Å². The van der Waals surface area contributed by atoms with Crippen LogP contribution >= 0.6 is 0 Å². The molecule has 4 nitrogen and oxygen atoms in total. The molecular formula is C14H25N3O. The fraction of sp³-hybridized carbons (Fsp3) is 0.786. The lowest BCUT2D eigenvalue weighted by atomic mass is 9.96. The number of nitrogens with zero attached hydrogens (tertiary/aromatic N) is 3. The summed E-state index contributed by atoms with van der Waals surface area (Å²) in [6.07, 6.45) is 3.90. The molecule has 1 aliphatic heterocycles. The lowest BCUT2D eigenvalue weighted by molar-refractivity contribution is 0.0710. The van der Waals surface area contributed by atoms with E-state index in [-0.39, 0.29) is 0 Å². The van der Waals surface area contributed by atoms with Crippen LogP contribution in [0.3, 0.4) is 0 Å². The molecule has 1 aliphatic rings. The number of rotatable bonds is 4. The van der Waals surface area contributed by atoms with Crippen molar-refractivity contribution in [1.82, 2.24) is 14.5 Å². The molecule has 1 aromatic rings. The van der Waals surface area contributed by atoms with Gasteiger partial charge in [-0.2, -0.15) is 0 Å². The molecule has 2 heterocycles. The summed E-state index contributed by atoms with van der Waals surface area (Å²) >= 11 is 0. The second-order valence-electron chi connectivity index (χ2n) is 5.91. The van der Waals surface area contributed by atoms with Crippen molar-refractivity contribution in [3.8, 4) is 0 Å².